The number of carbonyl (C=O) groups is 1. The number of para-hydroxylation sites is 1. The molecule has 1 amide bonds. The van der Waals surface area contributed by atoms with Gasteiger partial charge in [-0.3, -0.25) is 9.69 Å². The zero-order valence-corrected chi connectivity index (χ0v) is 29.7. The molecule has 2 N–H and O–H groups in total. The molecule has 1 saturated heterocycles. The predicted octanol–water partition coefficient (Wildman–Crippen LogP) is 5.19. The zero-order valence-electron chi connectivity index (χ0n) is 29.7. The van der Waals surface area contributed by atoms with Crippen molar-refractivity contribution >= 4 is 28.2 Å². The summed E-state index contributed by atoms with van der Waals surface area (Å²) in [6.07, 6.45) is 10.3. The summed E-state index contributed by atoms with van der Waals surface area (Å²) >= 11 is 0. The van der Waals surface area contributed by atoms with Crippen LogP contribution < -0.4 is 20.3 Å². The first-order valence-electron chi connectivity index (χ1n) is 17.0. The van der Waals surface area contributed by atoms with Crippen molar-refractivity contribution in [3.8, 4) is 17.0 Å². The number of aromatic nitrogens is 3. The highest BCUT2D eigenvalue weighted by molar-refractivity contribution is 6.02. The number of anilines is 2. The molecule has 0 unspecified atom stereocenters. The Bertz CT molecular complexity index is 1700. The van der Waals surface area contributed by atoms with Gasteiger partial charge in [0.15, 0.2) is 0 Å². The third-order valence-corrected chi connectivity index (χ3v) is 8.97. The fourth-order valence-corrected chi connectivity index (χ4v) is 6.42. The van der Waals surface area contributed by atoms with Crippen LogP contribution in [-0.4, -0.2) is 103 Å². The quantitative estimate of drug-likeness (QED) is 0.180. The van der Waals surface area contributed by atoms with Crippen LogP contribution in [0.1, 0.15) is 38.1 Å². The van der Waals surface area contributed by atoms with Crippen LogP contribution in [0.25, 0.3) is 22.2 Å². The lowest BCUT2D eigenvalue weighted by atomic mass is 10.0. The van der Waals surface area contributed by atoms with Crippen LogP contribution in [0.15, 0.2) is 67.0 Å². The van der Waals surface area contributed by atoms with E-state index in [0.717, 1.165) is 90.4 Å². The maximum absolute atomic E-state index is 13.3. The summed E-state index contributed by atoms with van der Waals surface area (Å²) in [5.41, 5.74) is 5.61. The molecular weight excluding hydrogens is 600 g/mol. The lowest BCUT2D eigenvalue weighted by Gasteiger charge is -2.32. The minimum Gasteiger partial charge on any atom is -0.496 e. The maximum Gasteiger partial charge on any atom is 0.248 e. The van der Waals surface area contributed by atoms with Gasteiger partial charge in [0.05, 0.1) is 24.2 Å². The summed E-state index contributed by atoms with van der Waals surface area (Å²) < 4.78 is 8.02. The van der Waals surface area contributed by atoms with E-state index in [1.165, 1.54) is 0 Å². The number of likely N-dealkylation sites (tertiary alicyclic amines) is 1. The van der Waals surface area contributed by atoms with Gasteiger partial charge in [0.2, 0.25) is 5.91 Å². The zero-order chi connectivity index (χ0) is 34.2. The number of methoxy groups -OCH3 is 1. The summed E-state index contributed by atoms with van der Waals surface area (Å²) in [6, 6.07) is 15.4. The Morgan fingerprint density at radius 3 is 2.60 bits per heavy atom. The van der Waals surface area contributed by atoms with Crippen LogP contribution >= 0.6 is 0 Å². The van der Waals surface area contributed by atoms with Crippen LogP contribution in [-0.2, 0) is 18.3 Å². The minimum atomic E-state index is -0.154. The van der Waals surface area contributed by atoms with Crippen molar-refractivity contribution in [1.29, 1.82) is 0 Å². The van der Waals surface area contributed by atoms with Gasteiger partial charge in [-0.25, -0.2) is 9.97 Å². The molecule has 0 spiro atoms. The fraction of sp³-hybridized carbons (Fsp3) is 0.447. The number of nitrogens with zero attached hydrogens (tertiary/aromatic N) is 6. The number of carbonyl (C=O) groups excluding carboxylic acids is 1. The molecule has 0 radical (unpaired) electrons. The van der Waals surface area contributed by atoms with Gasteiger partial charge < -0.3 is 29.7 Å². The molecule has 10 heteroatoms. The average molecular weight is 653 g/mol. The SMILES string of the molecule is COc1cc(N(C)CCN(C)C)c(NC(=O)/C=C/CN2CCC(NC(C)C)CC2)cc1Cc1nccc(-c2cn(C)c3ccccc23)n1. The number of aryl methyl sites for hydroxylation is 1. The Morgan fingerprint density at radius 2 is 1.88 bits per heavy atom. The van der Waals surface area contributed by atoms with Crippen LogP contribution in [0.4, 0.5) is 11.4 Å². The van der Waals surface area contributed by atoms with Gasteiger partial charge in [0, 0.05) is 98.8 Å². The number of piperidine rings is 1. The van der Waals surface area contributed by atoms with Gasteiger partial charge in [0.1, 0.15) is 11.6 Å². The van der Waals surface area contributed by atoms with E-state index in [2.05, 4.69) is 94.3 Å². The largest absolute Gasteiger partial charge is 0.496 e. The second-order valence-corrected chi connectivity index (χ2v) is 13.4. The van der Waals surface area contributed by atoms with Gasteiger partial charge >= 0.3 is 0 Å². The molecule has 5 rings (SSSR count). The highest BCUT2D eigenvalue weighted by atomic mass is 16.5. The molecule has 4 aromatic rings. The molecule has 0 bridgehead atoms. The highest BCUT2D eigenvalue weighted by Crippen LogP contribution is 2.35. The number of ether oxygens (including phenoxy) is 1. The average Bonchev–Trinajstić information content (AvgIpc) is 3.40. The standard InChI is InChI=1S/C38H52N8O2/c1-27(2)40-29-15-19-46(20-16-29)18-10-13-38(47)42-33-23-28(36(48-7)25-35(33)44(5)22-21-43(3)4)24-37-39-17-14-32(41-37)31-26-45(6)34-12-9-8-11-30(31)34/h8-14,17,23,25-27,29,40H,15-16,18-22,24H2,1-7H3,(H,42,47)/b13-10+. The van der Waals surface area contributed by atoms with Gasteiger partial charge in [-0.15, -0.1) is 0 Å². The molecule has 0 atom stereocenters. The first kappa shape index (κ1) is 35.1. The van der Waals surface area contributed by atoms with Gasteiger partial charge in [0.25, 0.3) is 0 Å². The number of nitrogens with one attached hydrogen (secondary N) is 2. The highest BCUT2D eigenvalue weighted by Gasteiger charge is 2.20. The topological polar surface area (TPSA) is 90.8 Å². The number of rotatable bonds is 14. The number of fused-ring (bicyclic) bond motifs is 1. The Hall–Kier alpha value is -4.25. The second kappa shape index (κ2) is 16.2. The van der Waals surface area contributed by atoms with Crippen LogP contribution in [0, 0.1) is 0 Å². The number of likely N-dealkylation sites (N-methyl/N-ethyl adjacent to an activating group) is 2. The van der Waals surface area contributed by atoms with Crippen molar-refractivity contribution < 1.29 is 9.53 Å². The van der Waals surface area contributed by atoms with E-state index >= 15 is 0 Å². The molecule has 3 heterocycles. The molecule has 1 aliphatic heterocycles. The molecule has 1 aliphatic rings. The Balaban J connectivity index is 1.35. The molecular formula is C38H52N8O2. The molecule has 48 heavy (non-hydrogen) atoms. The first-order valence-corrected chi connectivity index (χ1v) is 17.0. The maximum atomic E-state index is 13.3. The van der Waals surface area contributed by atoms with Gasteiger partial charge in [-0.2, -0.15) is 0 Å². The number of amides is 1. The molecule has 2 aromatic heterocycles. The van der Waals surface area contributed by atoms with Crippen molar-refractivity contribution in [2.24, 2.45) is 7.05 Å². The van der Waals surface area contributed by atoms with Crippen LogP contribution in [0.3, 0.4) is 0 Å². The van der Waals surface area contributed by atoms with E-state index in [1.54, 1.807) is 13.2 Å². The van der Waals surface area contributed by atoms with Crippen molar-refractivity contribution in [3.05, 3.63) is 78.4 Å². The van der Waals surface area contributed by atoms with E-state index in [0.29, 0.717) is 24.3 Å². The Morgan fingerprint density at radius 1 is 1.10 bits per heavy atom. The lowest BCUT2D eigenvalue weighted by molar-refractivity contribution is -0.111. The van der Waals surface area contributed by atoms with Crippen molar-refractivity contribution in [3.63, 3.8) is 0 Å². The summed E-state index contributed by atoms with van der Waals surface area (Å²) in [4.78, 5) is 29.6. The molecule has 256 valence electrons. The number of hydrogen-bond acceptors (Lipinski definition) is 8. The Kier molecular flexibility index (Phi) is 11.9. The lowest BCUT2D eigenvalue weighted by Crippen LogP contribution is -2.44. The van der Waals surface area contributed by atoms with Gasteiger partial charge in [-0.1, -0.05) is 38.1 Å². The Labute approximate surface area is 285 Å². The first-order chi connectivity index (χ1) is 23.1. The summed E-state index contributed by atoms with van der Waals surface area (Å²) in [6.45, 7) is 8.87. The smallest absolute Gasteiger partial charge is 0.248 e. The van der Waals surface area contributed by atoms with Crippen molar-refractivity contribution in [2.75, 3.05) is 71.2 Å². The van der Waals surface area contributed by atoms with Crippen molar-refractivity contribution in [1.82, 2.24) is 29.7 Å². The van der Waals surface area contributed by atoms with E-state index in [-0.39, 0.29) is 5.91 Å². The number of benzene rings is 2. The third-order valence-electron chi connectivity index (χ3n) is 8.97. The predicted molar refractivity (Wildman–Crippen MR) is 197 cm³/mol. The molecule has 10 nitrogen and oxygen atoms in total. The normalized spacial score (nSPS) is 14.4. The molecule has 0 aliphatic carbocycles. The van der Waals surface area contributed by atoms with E-state index in [9.17, 15) is 4.79 Å². The van der Waals surface area contributed by atoms with Gasteiger partial charge in [-0.05, 0) is 58.2 Å². The molecule has 0 saturated carbocycles. The second-order valence-electron chi connectivity index (χ2n) is 13.4. The monoisotopic (exact) mass is 652 g/mol. The summed E-state index contributed by atoms with van der Waals surface area (Å²) in [5.74, 6) is 1.25. The third kappa shape index (κ3) is 9.00. The minimum absolute atomic E-state index is 0.154. The summed E-state index contributed by atoms with van der Waals surface area (Å²) in [7, 11) is 9.88. The van der Waals surface area contributed by atoms with Crippen LogP contribution in [0.2, 0.25) is 0 Å². The fourth-order valence-electron chi connectivity index (χ4n) is 6.42. The molecule has 2 aromatic carbocycles. The summed E-state index contributed by atoms with van der Waals surface area (Å²) in [5, 5.41) is 7.97. The van der Waals surface area contributed by atoms with E-state index in [1.807, 2.05) is 43.6 Å². The van der Waals surface area contributed by atoms with E-state index < -0.39 is 0 Å². The van der Waals surface area contributed by atoms with E-state index in [4.69, 9.17) is 9.72 Å². The molecule has 1 fully saturated rings. The number of hydrogen-bond donors (Lipinski definition) is 2. The van der Waals surface area contributed by atoms with Crippen molar-refractivity contribution in [2.45, 2.75) is 45.2 Å². The van der Waals surface area contributed by atoms with Crippen LogP contribution in [0.5, 0.6) is 5.75 Å².